The maximum absolute atomic E-state index is 10.8. The molecule has 1 heterocycles. The molecular formula is C15H18N2O2S. The van der Waals surface area contributed by atoms with E-state index in [4.69, 9.17) is 0 Å². The number of rotatable bonds is 6. The smallest absolute Gasteiger partial charge is 0.269 e. The van der Waals surface area contributed by atoms with Crippen molar-refractivity contribution in [2.75, 3.05) is 0 Å². The molecule has 0 aliphatic rings. The minimum Gasteiger partial charge on any atom is -0.305 e. The van der Waals surface area contributed by atoms with Gasteiger partial charge in [-0.3, -0.25) is 10.1 Å². The molecule has 1 atom stereocenters. The van der Waals surface area contributed by atoms with Crippen molar-refractivity contribution in [3.63, 3.8) is 0 Å². The SMILES string of the molecule is CC(C)C(NCc1cccc([N+](=O)[O-])c1)c1cccs1. The van der Waals surface area contributed by atoms with Crippen molar-refractivity contribution in [2.24, 2.45) is 5.92 Å². The third-order valence-corrected chi connectivity index (χ3v) is 4.12. The van der Waals surface area contributed by atoms with E-state index in [2.05, 4.69) is 30.6 Å². The molecule has 0 aliphatic heterocycles. The molecule has 106 valence electrons. The Morgan fingerprint density at radius 1 is 1.30 bits per heavy atom. The van der Waals surface area contributed by atoms with Crippen molar-refractivity contribution in [2.45, 2.75) is 26.4 Å². The molecule has 0 saturated heterocycles. The Bertz CT molecular complexity index is 567. The highest BCUT2D eigenvalue weighted by Gasteiger charge is 2.16. The van der Waals surface area contributed by atoms with Crippen molar-refractivity contribution in [3.05, 3.63) is 62.3 Å². The molecule has 2 rings (SSSR count). The summed E-state index contributed by atoms with van der Waals surface area (Å²) < 4.78 is 0. The summed E-state index contributed by atoms with van der Waals surface area (Å²) in [6.07, 6.45) is 0. The van der Waals surface area contributed by atoms with E-state index < -0.39 is 0 Å². The van der Waals surface area contributed by atoms with Gasteiger partial charge in [0.2, 0.25) is 0 Å². The molecule has 1 aromatic heterocycles. The fraction of sp³-hybridized carbons (Fsp3) is 0.333. The summed E-state index contributed by atoms with van der Waals surface area (Å²) in [5.41, 5.74) is 1.07. The van der Waals surface area contributed by atoms with E-state index in [1.807, 2.05) is 12.1 Å². The van der Waals surface area contributed by atoms with Gasteiger partial charge in [0, 0.05) is 29.6 Å². The first-order valence-electron chi connectivity index (χ1n) is 6.58. The number of nitro groups is 1. The lowest BCUT2D eigenvalue weighted by molar-refractivity contribution is -0.384. The number of nitrogens with zero attached hydrogens (tertiary/aromatic N) is 1. The number of nitrogens with one attached hydrogen (secondary N) is 1. The average molecular weight is 290 g/mol. The van der Waals surface area contributed by atoms with E-state index >= 15 is 0 Å². The molecule has 0 radical (unpaired) electrons. The van der Waals surface area contributed by atoms with Gasteiger partial charge in [-0.1, -0.05) is 32.0 Å². The van der Waals surface area contributed by atoms with E-state index in [1.165, 1.54) is 10.9 Å². The van der Waals surface area contributed by atoms with Crippen molar-refractivity contribution >= 4 is 17.0 Å². The maximum Gasteiger partial charge on any atom is 0.269 e. The molecule has 20 heavy (non-hydrogen) atoms. The van der Waals surface area contributed by atoms with E-state index in [0.717, 1.165) is 5.56 Å². The van der Waals surface area contributed by atoms with E-state index in [1.54, 1.807) is 23.5 Å². The lowest BCUT2D eigenvalue weighted by Crippen LogP contribution is -2.24. The molecule has 1 N–H and O–H groups in total. The van der Waals surface area contributed by atoms with Gasteiger partial charge in [-0.05, 0) is 22.9 Å². The molecule has 0 aliphatic carbocycles. The number of hydrogen-bond donors (Lipinski definition) is 1. The fourth-order valence-electron chi connectivity index (χ4n) is 2.14. The average Bonchev–Trinajstić information content (AvgIpc) is 2.93. The molecule has 0 fully saturated rings. The molecule has 2 aromatic rings. The minimum atomic E-state index is -0.358. The third-order valence-electron chi connectivity index (χ3n) is 3.16. The Morgan fingerprint density at radius 2 is 2.10 bits per heavy atom. The van der Waals surface area contributed by atoms with Crippen LogP contribution in [0.25, 0.3) is 0 Å². The summed E-state index contributed by atoms with van der Waals surface area (Å²) in [5.74, 6) is 0.465. The number of thiophene rings is 1. The van der Waals surface area contributed by atoms with E-state index in [9.17, 15) is 10.1 Å². The zero-order valence-electron chi connectivity index (χ0n) is 11.6. The van der Waals surface area contributed by atoms with Crippen molar-refractivity contribution in [3.8, 4) is 0 Å². The molecule has 0 amide bonds. The number of nitro benzene ring substituents is 1. The number of hydrogen-bond acceptors (Lipinski definition) is 4. The maximum atomic E-state index is 10.8. The van der Waals surface area contributed by atoms with Gasteiger partial charge in [0.25, 0.3) is 5.69 Å². The molecule has 0 spiro atoms. The lowest BCUT2D eigenvalue weighted by Gasteiger charge is -2.21. The summed E-state index contributed by atoms with van der Waals surface area (Å²) in [6, 6.07) is 11.2. The Kier molecular flexibility index (Phi) is 4.87. The number of non-ortho nitro benzene ring substituents is 1. The minimum absolute atomic E-state index is 0.140. The van der Waals surface area contributed by atoms with Gasteiger partial charge in [-0.25, -0.2) is 0 Å². The van der Waals surface area contributed by atoms with Gasteiger partial charge in [-0.2, -0.15) is 0 Å². The van der Waals surface area contributed by atoms with Crippen LogP contribution in [0.5, 0.6) is 0 Å². The van der Waals surface area contributed by atoms with Crippen LogP contribution >= 0.6 is 11.3 Å². The predicted molar refractivity (Wildman–Crippen MR) is 81.8 cm³/mol. The molecule has 1 unspecified atom stereocenters. The molecule has 5 heteroatoms. The van der Waals surface area contributed by atoms with Crippen LogP contribution in [0.1, 0.15) is 30.3 Å². The van der Waals surface area contributed by atoms with Gasteiger partial charge >= 0.3 is 0 Å². The third kappa shape index (κ3) is 3.65. The van der Waals surface area contributed by atoms with E-state index in [-0.39, 0.29) is 16.7 Å². The van der Waals surface area contributed by atoms with Gasteiger partial charge in [0.1, 0.15) is 0 Å². The summed E-state index contributed by atoms with van der Waals surface area (Å²) in [5, 5.41) is 16.3. The second kappa shape index (κ2) is 6.63. The highest BCUT2D eigenvalue weighted by atomic mass is 32.1. The topological polar surface area (TPSA) is 55.2 Å². The van der Waals surface area contributed by atoms with Gasteiger partial charge in [0.15, 0.2) is 0 Å². The first kappa shape index (κ1) is 14.7. The highest BCUT2D eigenvalue weighted by Crippen LogP contribution is 2.26. The van der Waals surface area contributed by atoms with Crippen LogP contribution in [0.15, 0.2) is 41.8 Å². The second-order valence-corrected chi connectivity index (χ2v) is 6.02. The first-order chi connectivity index (χ1) is 9.58. The van der Waals surface area contributed by atoms with Gasteiger partial charge in [-0.15, -0.1) is 11.3 Å². The molecule has 0 bridgehead atoms. The molecule has 0 saturated carbocycles. The van der Waals surface area contributed by atoms with Crippen LogP contribution in [0.3, 0.4) is 0 Å². The van der Waals surface area contributed by atoms with Crippen LogP contribution in [-0.4, -0.2) is 4.92 Å². The summed E-state index contributed by atoms with van der Waals surface area (Å²) in [7, 11) is 0. The first-order valence-corrected chi connectivity index (χ1v) is 7.46. The normalized spacial score (nSPS) is 12.6. The van der Waals surface area contributed by atoms with Crippen LogP contribution < -0.4 is 5.32 Å². The summed E-state index contributed by atoms with van der Waals surface area (Å²) >= 11 is 1.73. The van der Waals surface area contributed by atoms with Crippen molar-refractivity contribution in [1.82, 2.24) is 5.32 Å². The number of benzene rings is 1. The lowest BCUT2D eigenvalue weighted by atomic mass is 10.0. The van der Waals surface area contributed by atoms with Crippen LogP contribution in [0.2, 0.25) is 0 Å². The van der Waals surface area contributed by atoms with Crippen LogP contribution in [0, 0.1) is 16.0 Å². The van der Waals surface area contributed by atoms with Crippen LogP contribution in [-0.2, 0) is 6.54 Å². The monoisotopic (exact) mass is 290 g/mol. The van der Waals surface area contributed by atoms with Crippen LogP contribution in [0.4, 0.5) is 5.69 Å². The largest absolute Gasteiger partial charge is 0.305 e. The Morgan fingerprint density at radius 3 is 2.70 bits per heavy atom. The summed E-state index contributed by atoms with van der Waals surface area (Å²) in [6.45, 7) is 4.97. The Labute approximate surface area is 122 Å². The quantitative estimate of drug-likeness (QED) is 0.642. The standard InChI is InChI=1S/C15H18N2O2S/c1-11(2)15(14-7-4-8-20-14)16-10-12-5-3-6-13(9-12)17(18)19/h3-9,11,15-16H,10H2,1-2H3. The molecular weight excluding hydrogens is 272 g/mol. The van der Waals surface area contributed by atoms with Gasteiger partial charge in [0.05, 0.1) is 4.92 Å². The van der Waals surface area contributed by atoms with Crippen molar-refractivity contribution in [1.29, 1.82) is 0 Å². The predicted octanol–water partition coefficient (Wildman–Crippen LogP) is 4.14. The second-order valence-electron chi connectivity index (χ2n) is 5.05. The van der Waals surface area contributed by atoms with Gasteiger partial charge < -0.3 is 5.32 Å². The fourth-order valence-corrected chi connectivity index (χ4v) is 3.11. The molecule has 4 nitrogen and oxygen atoms in total. The Hall–Kier alpha value is -1.72. The zero-order chi connectivity index (χ0) is 14.5. The zero-order valence-corrected chi connectivity index (χ0v) is 12.4. The van der Waals surface area contributed by atoms with E-state index in [0.29, 0.717) is 12.5 Å². The molecule has 1 aromatic carbocycles. The summed E-state index contributed by atoms with van der Waals surface area (Å²) in [4.78, 5) is 11.7. The Balaban J connectivity index is 2.06. The van der Waals surface area contributed by atoms with Crippen molar-refractivity contribution < 1.29 is 4.92 Å². The highest BCUT2D eigenvalue weighted by molar-refractivity contribution is 7.10.